The summed E-state index contributed by atoms with van der Waals surface area (Å²) in [4.78, 5) is 27.9. The summed E-state index contributed by atoms with van der Waals surface area (Å²) in [5, 5.41) is 5.10. The van der Waals surface area contributed by atoms with Crippen LogP contribution in [0.2, 0.25) is 0 Å². The second-order valence-corrected chi connectivity index (χ2v) is 7.64. The standard InChI is InChI=1S/C21H26N2O2S/c1-3-15-7-5-8-16(4-2)19(15)22-20(24)17-10-12-23(13-11-17)21(25)18-9-6-14-26-18/h5-9,14,17H,3-4,10-13H2,1-2H3,(H,22,24). The molecule has 3 rings (SSSR count). The van der Waals surface area contributed by atoms with Crippen LogP contribution in [0.5, 0.6) is 0 Å². The highest BCUT2D eigenvalue weighted by molar-refractivity contribution is 7.12. The van der Waals surface area contributed by atoms with Gasteiger partial charge in [0.1, 0.15) is 0 Å². The minimum absolute atomic E-state index is 0.0306. The van der Waals surface area contributed by atoms with Gasteiger partial charge < -0.3 is 10.2 Å². The summed E-state index contributed by atoms with van der Waals surface area (Å²) in [5.74, 6) is 0.143. The number of benzene rings is 1. The molecular weight excluding hydrogens is 344 g/mol. The summed E-state index contributed by atoms with van der Waals surface area (Å²) in [6.45, 7) is 5.51. The first kappa shape index (κ1) is 18.6. The van der Waals surface area contributed by atoms with Gasteiger partial charge in [-0.05, 0) is 48.3 Å². The Morgan fingerprint density at radius 1 is 1.08 bits per heavy atom. The number of rotatable bonds is 5. The van der Waals surface area contributed by atoms with Crippen LogP contribution in [-0.2, 0) is 17.6 Å². The number of para-hydroxylation sites is 1. The fraction of sp³-hybridized carbons (Fsp3) is 0.429. The monoisotopic (exact) mass is 370 g/mol. The van der Waals surface area contributed by atoms with Gasteiger partial charge in [0.15, 0.2) is 0 Å². The lowest BCUT2D eigenvalue weighted by Gasteiger charge is -2.31. The topological polar surface area (TPSA) is 49.4 Å². The molecule has 2 amide bonds. The fourth-order valence-corrected chi connectivity index (χ4v) is 4.22. The van der Waals surface area contributed by atoms with E-state index in [9.17, 15) is 9.59 Å². The van der Waals surface area contributed by atoms with Gasteiger partial charge in [0.25, 0.3) is 5.91 Å². The lowest BCUT2D eigenvalue weighted by molar-refractivity contribution is -0.121. The van der Waals surface area contributed by atoms with Crippen LogP contribution in [0.25, 0.3) is 0 Å². The zero-order valence-corrected chi connectivity index (χ0v) is 16.3. The van der Waals surface area contributed by atoms with E-state index in [1.165, 1.54) is 22.5 Å². The zero-order chi connectivity index (χ0) is 18.5. The number of thiophene rings is 1. The smallest absolute Gasteiger partial charge is 0.263 e. The number of carbonyl (C=O) groups is 2. The van der Waals surface area contributed by atoms with Crippen molar-refractivity contribution in [1.29, 1.82) is 0 Å². The number of carbonyl (C=O) groups excluding carboxylic acids is 2. The SMILES string of the molecule is CCc1cccc(CC)c1NC(=O)C1CCN(C(=O)c2cccs2)CC1. The molecule has 1 N–H and O–H groups in total. The zero-order valence-electron chi connectivity index (χ0n) is 15.5. The highest BCUT2D eigenvalue weighted by Crippen LogP contribution is 2.26. The summed E-state index contributed by atoms with van der Waals surface area (Å²) >= 11 is 1.47. The van der Waals surface area contributed by atoms with E-state index in [0.29, 0.717) is 13.1 Å². The highest BCUT2D eigenvalue weighted by atomic mass is 32.1. The normalized spacial score (nSPS) is 15.1. The molecule has 2 heterocycles. The molecule has 4 nitrogen and oxygen atoms in total. The Labute approximate surface area is 159 Å². The lowest BCUT2D eigenvalue weighted by Crippen LogP contribution is -2.41. The average Bonchev–Trinajstić information content (AvgIpc) is 3.22. The lowest BCUT2D eigenvalue weighted by atomic mass is 9.94. The van der Waals surface area contributed by atoms with Crippen LogP contribution in [0.1, 0.15) is 47.5 Å². The second kappa shape index (κ2) is 8.49. The van der Waals surface area contributed by atoms with Crippen LogP contribution >= 0.6 is 11.3 Å². The Morgan fingerprint density at radius 3 is 2.27 bits per heavy atom. The minimum Gasteiger partial charge on any atom is -0.338 e. The van der Waals surface area contributed by atoms with Gasteiger partial charge in [-0.15, -0.1) is 11.3 Å². The average molecular weight is 371 g/mol. The molecule has 2 aromatic rings. The van der Waals surface area contributed by atoms with Crippen molar-refractivity contribution >= 4 is 28.8 Å². The van der Waals surface area contributed by atoms with Crippen molar-refractivity contribution in [1.82, 2.24) is 4.90 Å². The number of hydrogen-bond acceptors (Lipinski definition) is 3. The first-order valence-corrected chi connectivity index (χ1v) is 10.3. The fourth-order valence-electron chi connectivity index (χ4n) is 3.53. The van der Waals surface area contributed by atoms with Gasteiger partial charge in [0, 0.05) is 24.7 Å². The predicted octanol–water partition coefficient (Wildman–Crippen LogP) is 4.36. The molecule has 0 radical (unpaired) electrons. The van der Waals surface area contributed by atoms with E-state index >= 15 is 0 Å². The molecule has 1 aromatic heterocycles. The van der Waals surface area contributed by atoms with Crippen LogP contribution in [0.15, 0.2) is 35.7 Å². The number of likely N-dealkylation sites (tertiary alicyclic amines) is 1. The van der Waals surface area contributed by atoms with Gasteiger partial charge in [0.05, 0.1) is 4.88 Å². The predicted molar refractivity (Wildman–Crippen MR) is 107 cm³/mol. The first-order valence-electron chi connectivity index (χ1n) is 9.38. The summed E-state index contributed by atoms with van der Waals surface area (Å²) in [7, 11) is 0. The van der Waals surface area contributed by atoms with Gasteiger partial charge in [0.2, 0.25) is 5.91 Å². The van der Waals surface area contributed by atoms with E-state index in [0.717, 1.165) is 36.2 Å². The maximum atomic E-state index is 12.8. The van der Waals surface area contributed by atoms with Crippen molar-refractivity contribution < 1.29 is 9.59 Å². The molecule has 0 spiro atoms. The summed E-state index contributed by atoms with van der Waals surface area (Å²) in [6.07, 6.45) is 3.24. The number of hydrogen-bond donors (Lipinski definition) is 1. The Hall–Kier alpha value is -2.14. The molecule has 1 saturated heterocycles. The molecule has 0 bridgehead atoms. The van der Waals surface area contributed by atoms with Crippen molar-refractivity contribution in [3.63, 3.8) is 0 Å². The van der Waals surface area contributed by atoms with Crippen molar-refractivity contribution in [2.24, 2.45) is 5.92 Å². The number of anilines is 1. The van der Waals surface area contributed by atoms with Crippen LogP contribution in [0, 0.1) is 5.92 Å². The molecule has 1 aromatic carbocycles. The largest absolute Gasteiger partial charge is 0.338 e. The van der Waals surface area contributed by atoms with Crippen molar-refractivity contribution in [3.05, 3.63) is 51.7 Å². The molecule has 0 saturated carbocycles. The number of nitrogens with one attached hydrogen (secondary N) is 1. The Balaban J connectivity index is 1.62. The van der Waals surface area contributed by atoms with Crippen molar-refractivity contribution in [2.75, 3.05) is 18.4 Å². The molecule has 0 unspecified atom stereocenters. The maximum absolute atomic E-state index is 12.8. The number of aryl methyl sites for hydroxylation is 2. The number of piperidine rings is 1. The maximum Gasteiger partial charge on any atom is 0.263 e. The quantitative estimate of drug-likeness (QED) is 0.850. The molecule has 138 valence electrons. The minimum atomic E-state index is -0.0306. The van der Waals surface area contributed by atoms with Crippen LogP contribution < -0.4 is 5.32 Å². The van der Waals surface area contributed by atoms with Gasteiger partial charge in [-0.2, -0.15) is 0 Å². The Morgan fingerprint density at radius 2 is 1.73 bits per heavy atom. The van der Waals surface area contributed by atoms with E-state index in [1.54, 1.807) is 0 Å². The molecule has 5 heteroatoms. The third-order valence-electron chi connectivity index (χ3n) is 5.13. The third kappa shape index (κ3) is 3.98. The molecular formula is C21H26N2O2S. The Bertz CT molecular complexity index is 740. The molecule has 1 aliphatic heterocycles. The summed E-state index contributed by atoms with van der Waals surface area (Å²) < 4.78 is 0. The Kier molecular flexibility index (Phi) is 6.09. The van der Waals surface area contributed by atoms with Crippen molar-refractivity contribution in [3.8, 4) is 0 Å². The molecule has 26 heavy (non-hydrogen) atoms. The van der Waals surface area contributed by atoms with Gasteiger partial charge >= 0.3 is 0 Å². The second-order valence-electron chi connectivity index (χ2n) is 6.69. The third-order valence-corrected chi connectivity index (χ3v) is 5.99. The van der Waals surface area contributed by atoms with Gasteiger partial charge in [-0.1, -0.05) is 38.1 Å². The van der Waals surface area contributed by atoms with Gasteiger partial charge in [-0.3, -0.25) is 9.59 Å². The first-order chi connectivity index (χ1) is 12.6. The van der Waals surface area contributed by atoms with Crippen molar-refractivity contribution in [2.45, 2.75) is 39.5 Å². The highest BCUT2D eigenvalue weighted by Gasteiger charge is 2.28. The molecule has 1 aliphatic rings. The molecule has 0 aliphatic carbocycles. The molecule has 1 fully saturated rings. The summed E-state index contributed by atoms with van der Waals surface area (Å²) in [5.41, 5.74) is 3.35. The van der Waals surface area contributed by atoms with E-state index in [2.05, 4.69) is 37.4 Å². The van der Waals surface area contributed by atoms with Crippen LogP contribution in [-0.4, -0.2) is 29.8 Å². The number of nitrogens with zero attached hydrogens (tertiary/aromatic N) is 1. The van der Waals surface area contributed by atoms with Crippen LogP contribution in [0.4, 0.5) is 5.69 Å². The number of amides is 2. The van der Waals surface area contributed by atoms with Crippen LogP contribution in [0.3, 0.4) is 0 Å². The van der Waals surface area contributed by atoms with E-state index in [-0.39, 0.29) is 17.7 Å². The van der Waals surface area contributed by atoms with E-state index in [4.69, 9.17) is 0 Å². The van der Waals surface area contributed by atoms with E-state index < -0.39 is 0 Å². The van der Waals surface area contributed by atoms with Gasteiger partial charge in [-0.25, -0.2) is 0 Å². The summed E-state index contributed by atoms with van der Waals surface area (Å²) in [6, 6.07) is 9.98. The van der Waals surface area contributed by atoms with E-state index in [1.807, 2.05) is 22.4 Å². The molecule has 0 atom stereocenters.